The lowest BCUT2D eigenvalue weighted by molar-refractivity contribution is 0.0602. The molecule has 0 radical (unpaired) electrons. The van der Waals surface area contributed by atoms with E-state index in [0.29, 0.717) is 33.9 Å². The van der Waals surface area contributed by atoms with Gasteiger partial charge in [0.25, 0.3) is 0 Å². The number of benzene rings is 3. The number of imidazole rings is 1. The summed E-state index contributed by atoms with van der Waals surface area (Å²) < 4.78 is 13.8. The zero-order chi connectivity index (χ0) is 24.4. The topological polar surface area (TPSA) is 104 Å². The van der Waals surface area contributed by atoms with E-state index in [-0.39, 0.29) is 11.3 Å². The minimum atomic E-state index is -0.589. The van der Waals surface area contributed by atoms with Crippen molar-refractivity contribution in [2.45, 2.75) is 6.92 Å². The molecule has 9 heteroatoms. The van der Waals surface area contributed by atoms with Gasteiger partial charge in [-0.1, -0.05) is 24.3 Å². The number of methoxy groups -OCH3 is 1. The van der Waals surface area contributed by atoms with Crippen LogP contribution in [0.3, 0.4) is 0 Å². The second-order valence-electron chi connectivity index (χ2n) is 7.77. The number of nitrogens with zero attached hydrogens (tertiary/aromatic N) is 2. The SMILES string of the molecule is COC(=O)c1ccc(C)cc1NC(=O)Nc1cc2c(cc1Oc1ccccc1)n(C)c(=O)n2C. The summed E-state index contributed by atoms with van der Waals surface area (Å²) in [6.07, 6.45) is 0. The van der Waals surface area contributed by atoms with E-state index < -0.39 is 12.0 Å². The Balaban J connectivity index is 1.72. The van der Waals surface area contributed by atoms with Gasteiger partial charge in [0.2, 0.25) is 0 Å². The molecule has 1 aromatic heterocycles. The fourth-order valence-corrected chi connectivity index (χ4v) is 3.65. The number of para-hydroxylation sites is 1. The lowest BCUT2D eigenvalue weighted by Gasteiger charge is -2.15. The number of carbonyl (C=O) groups is 2. The molecular weight excluding hydrogens is 436 g/mol. The fraction of sp³-hybridized carbons (Fsp3) is 0.160. The summed E-state index contributed by atoms with van der Waals surface area (Å²) in [6.45, 7) is 1.85. The number of rotatable bonds is 5. The highest BCUT2D eigenvalue weighted by Gasteiger charge is 2.18. The first-order chi connectivity index (χ1) is 16.3. The van der Waals surface area contributed by atoms with Gasteiger partial charge in [-0.15, -0.1) is 0 Å². The second-order valence-corrected chi connectivity index (χ2v) is 7.77. The number of fused-ring (bicyclic) bond motifs is 1. The first kappa shape index (κ1) is 22.7. The number of esters is 1. The molecule has 2 amide bonds. The van der Waals surface area contributed by atoms with Gasteiger partial charge >= 0.3 is 17.7 Å². The molecule has 0 aliphatic rings. The Morgan fingerprint density at radius 2 is 1.50 bits per heavy atom. The summed E-state index contributed by atoms with van der Waals surface area (Å²) in [5, 5.41) is 5.48. The summed E-state index contributed by atoms with van der Waals surface area (Å²) in [4.78, 5) is 37.5. The monoisotopic (exact) mass is 460 g/mol. The molecule has 2 N–H and O–H groups in total. The predicted molar refractivity (Wildman–Crippen MR) is 130 cm³/mol. The number of amides is 2. The summed E-state index contributed by atoms with van der Waals surface area (Å²) in [7, 11) is 4.60. The van der Waals surface area contributed by atoms with Gasteiger partial charge in [0, 0.05) is 20.2 Å². The summed E-state index contributed by atoms with van der Waals surface area (Å²) in [5.41, 5.74) is 2.81. The summed E-state index contributed by atoms with van der Waals surface area (Å²) in [6, 6.07) is 16.9. The molecule has 0 fully saturated rings. The second kappa shape index (κ2) is 9.14. The predicted octanol–water partition coefficient (Wildman–Crippen LogP) is 4.41. The average molecular weight is 460 g/mol. The van der Waals surface area contributed by atoms with Crippen LogP contribution in [0.4, 0.5) is 16.2 Å². The van der Waals surface area contributed by atoms with E-state index in [1.165, 1.54) is 16.2 Å². The van der Waals surface area contributed by atoms with Gasteiger partial charge in [-0.3, -0.25) is 9.13 Å². The van der Waals surface area contributed by atoms with Gasteiger partial charge in [-0.05, 0) is 42.8 Å². The van der Waals surface area contributed by atoms with Crippen LogP contribution >= 0.6 is 0 Å². The maximum absolute atomic E-state index is 13.0. The minimum absolute atomic E-state index is 0.204. The van der Waals surface area contributed by atoms with Crippen LogP contribution in [0.1, 0.15) is 15.9 Å². The maximum Gasteiger partial charge on any atom is 0.339 e. The standard InChI is InChI=1S/C25H24N4O5/c1-15-10-11-17(23(30)33-4)18(12-15)26-24(31)27-19-13-20-21(29(3)25(32)28(20)2)14-22(19)34-16-8-6-5-7-9-16/h5-14H,1-4H3,(H2,26,27,31). The Hall–Kier alpha value is -4.53. The Morgan fingerprint density at radius 1 is 0.853 bits per heavy atom. The van der Waals surface area contributed by atoms with Gasteiger partial charge < -0.3 is 20.1 Å². The first-order valence-electron chi connectivity index (χ1n) is 10.5. The van der Waals surface area contributed by atoms with Crippen molar-refractivity contribution in [3.05, 3.63) is 82.3 Å². The van der Waals surface area contributed by atoms with Gasteiger partial charge in [-0.2, -0.15) is 0 Å². The number of nitrogens with one attached hydrogen (secondary N) is 2. The Labute approximate surface area is 195 Å². The van der Waals surface area contributed by atoms with Crippen molar-refractivity contribution in [2.75, 3.05) is 17.7 Å². The largest absolute Gasteiger partial charge is 0.465 e. The molecule has 4 rings (SSSR count). The molecule has 3 aromatic carbocycles. The van der Waals surface area contributed by atoms with Crippen molar-refractivity contribution in [2.24, 2.45) is 14.1 Å². The Bertz CT molecular complexity index is 1450. The highest BCUT2D eigenvalue weighted by Crippen LogP contribution is 2.34. The molecule has 0 aliphatic carbocycles. The highest BCUT2D eigenvalue weighted by molar-refractivity contribution is 6.06. The molecule has 0 bridgehead atoms. The van der Waals surface area contributed by atoms with Gasteiger partial charge in [0.05, 0.1) is 35.1 Å². The zero-order valence-electron chi connectivity index (χ0n) is 19.2. The lowest BCUT2D eigenvalue weighted by Crippen LogP contribution is -2.21. The molecule has 0 unspecified atom stereocenters. The van der Waals surface area contributed by atoms with E-state index in [0.717, 1.165) is 5.56 Å². The number of hydrogen-bond donors (Lipinski definition) is 2. The van der Waals surface area contributed by atoms with Crippen molar-refractivity contribution in [1.29, 1.82) is 0 Å². The first-order valence-corrected chi connectivity index (χ1v) is 10.5. The third-order valence-electron chi connectivity index (χ3n) is 5.42. The van der Waals surface area contributed by atoms with Crippen LogP contribution in [0.5, 0.6) is 11.5 Å². The van der Waals surface area contributed by atoms with Crippen LogP contribution in [0, 0.1) is 6.92 Å². The number of anilines is 2. The van der Waals surface area contributed by atoms with E-state index >= 15 is 0 Å². The molecular formula is C25H24N4O5. The van der Waals surface area contributed by atoms with Gasteiger partial charge in [0.15, 0.2) is 5.75 Å². The normalized spacial score (nSPS) is 10.7. The van der Waals surface area contributed by atoms with Crippen molar-refractivity contribution < 1.29 is 19.1 Å². The maximum atomic E-state index is 13.0. The number of aromatic nitrogens is 2. The fourth-order valence-electron chi connectivity index (χ4n) is 3.65. The highest BCUT2D eigenvalue weighted by atomic mass is 16.5. The molecule has 0 aliphatic heterocycles. The molecule has 0 atom stereocenters. The average Bonchev–Trinajstić information content (AvgIpc) is 3.03. The molecule has 0 saturated heterocycles. The molecule has 0 spiro atoms. The van der Waals surface area contributed by atoms with E-state index in [9.17, 15) is 14.4 Å². The van der Waals surface area contributed by atoms with Crippen molar-refractivity contribution in [1.82, 2.24) is 9.13 Å². The number of ether oxygens (including phenoxy) is 2. The van der Waals surface area contributed by atoms with Crippen LogP contribution in [0.2, 0.25) is 0 Å². The molecule has 0 saturated carbocycles. The quantitative estimate of drug-likeness (QED) is 0.430. The molecule has 174 valence electrons. The number of hydrogen-bond acceptors (Lipinski definition) is 5. The lowest BCUT2D eigenvalue weighted by atomic mass is 10.1. The molecule has 4 aromatic rings. The van der Waals surface area contributed by atoms with E-state index in [4.69, 9.17) is 9.47 Å². The molecule has 9 nitrogen and oxygen atoms in total. The Kier molecular flexibility index (Phi) is 6.09. The summed E-state index contributed by atoms with van der Waals surface area (Å²) in [5.74, 6) is 0.356. The van der Waals surface area contributed by atoms with Gasteiger partial charge in [-0.25, -0.2) is 14.4 Å². The number of urea groups is 1. The van der Waals surface area contributed by atoms with Crippen LogP contribution in [0.25, 0.3) is 11.0 Å². The minimum Gasteiger partial charge on any atom is -0.465 e. The number of aryl methyl sites for hydroxylation is 3. The van der Waals surface area contributed by atoms with E-state index in [1.54, 1.807) is 56.6 Å². The van der Waals surface area contributed by atoms with Crippen molar-refractivity contribution in [3.8, 4) is 11.5 Å². The van der Waals surface area contributed by atoms with E-state index in [2.05, 4.69) is 10.6 Å². The number of carbonyl (C=O) groups excluding carboxylic acids is 2. The zero-order valence-corrected chi connectivity index (χ0v) is 19.2. The van der Waals surface area contributed by atoms with Crippen LogP contribution in [-0.4, -0.2) is 28.2 Å². The van der Waals surface area contributed by atoms with Crippen LogP contribution in [0.15, 0.2) is 65.5 Å². The summed E-state index contributed by atoms with van der Waals surface area (Å²) >= 11 is 0. The van der Waals surface area contributed by atoms with Crippen molar-refractivity contribution in [3.63, 3.8) is 0 Å². The van der Waals surface area contributed by atoms with Crippen LogP contribution < -0.4 is 21.1 Å². The smallest absolute Gasteiger partial charge is 0.339 e. The van der Waals surface area contributed by atoms with Crippen molar-refractivity contribution >= 4 is 34.4 Å². The van der Waals surface area contributed by atoms with E-state index in [1.807, 2.05) is 25.1 Å². The third kappa shape index (κ3) is 4.36. The Morgan fingerprint density at radius 3 is 2.18 bits per heavy atom. The van der Waals surface area contributed by atoms with Gasteiger partial charge in [0.1, 0.15) is 5.75 Å². The third-order valence-corrected chi connectivity index (χ3v) is 5.42. The molecule has 1 heterocycles. The van der Waals surface area contributed by atoms with Crippen LogP contribution in [-0.2, 0) is 18.8 Å². The molecule has 34 heavy (non-hydrogen) atoms.